The van der Waals surface area contributed by atoms with E-state index in [4.69, 9.17) is 0 Å². The van der Waals surface area contributed by atoms with Gasteiger partial charge in [-0.1, -0.05) is 36.4 Å². The van der Waals surface area contributed by atoms with Crippen molar-refractivity contribution in [3.05, 3.63) is 60.2 Å². The van der Waals surface area contributed by atoms with Crippen LogP contribution in [0.1, 0.15) is 24.5 Å². The Labute approximate surface area is 159 Å². The Kier molecular flexibility index (Phi) is 3.96. The van der Waals surface area contributed by atoms with Crippen LogP contribution in [0.2, 0.25) is 0 Å². The lowest BCUT2D eigenvalue weighted by Gasteiger charge is -2.33. The average molecular weight is 382 g/mol. The number of halogens is 3. The predicted molar refractivity (Wildman–Crippen MR) is 102 cm³/mol. The van der Waals surface area contributed by atoms with Crippen LogP contribution >= 0.6 is 0 Å². The summed E-state index contributed by atoms with van der Waals surface area (Å²) in [5.74, 6) is 0.270. The second-order valence-electron chi connectivity index (χ2n) is 7.04. The van der Waals surface area contributed by atoms with Crippen molar-refractivity contribution in [1.29, 1.82) is 5.26 Å². The number of allylic oxidation sites excluding steroid dienone is 1. The van der Waals surface area contributed by atoms with E-state index < -0.39 is 17.3 Å². The highest BCUT2D eigenvalue weighted by Gasteiger charge is 2.40. The molecule has 28 heavy (non-hydrogen) atoms. The Morgan fingerprint density at radius 3 is 2.64 bits per heavy atom. The maximum atomic E-state index is 14.0. The van der Waals surface area contributed by atoms with Gasteiger partial charge in [-0.3, -0.25) is 0 Å². The summed E-state index contributed by atoms with van der Waals surface area (Å²) in [5.41, 5.74) is -0.502. The molecule has 1 N–H and O–H groups in total. The molecule has 2 aromatic carbocycles. The molecule has 1 unspecified atom stereocenters. The van der Waals surface area contributed by atoms with Crippen molar-refractivity contribution in [2.45, 2.75) is 25.1 Å². The molecule has 4 nitrogen and oxygen atoms in total. The van der Waals surface area contributed by atoms with Crippen molar-refractivity contribution in [3.63, 3.8) is 0 Å². The van der Waals surface area contributed by atoms with Gasteiger partial charge in [-0.2, -0.15) is 23.5 Å². The normalized spacial score (nSPS) is 19.0. The summed E-state index contributed by atoms with van der Waals surface area (Å²) < 4.78 is 43.5. The summed E-state index contributed by atoms with van der Waals surface area (Å²) >= 11 is 0. The molecule has 0 saturated carbocycles. The topological polar surface area (TPSA) is 53.6 Å². The standard InChI is InChI=1S/C21H17F3N4/c1-3-20(2)9-10-26-19-17-16(21(22,23)24)11-14(13-7-5-4-6-8-13)15(12-25)18(17)27-28(19)20/h3-8,11,26H,1,9-10H2,2H3. The van der Waals surface area contributed by atoms with E-state index in [0.717, 1.165) is 6.07 Å². The number of hydrogen-bond acceptors (Lipinski definition) is 3. The highest BCUT2D eigenvalue weighted by molar-refractivity contribution is 6.01. The van der Waals surface area contributed by atoms with Gasteiger partial charge < -0.3 is 5.32 Å². The van der Waals surface area contributed by atoms with E-state index in [2.05, 4.69) is 23.1 Å². The van der Waals surface area contributed by atoms with Crippen LogP contribution in [0.15, 0.2) is 49.1 Å². The highest BCUT2D eigenvalue weighted by atomic mass is 19.4. The largest absolute Gasteiger partial charge is 0.417 e. The maximum Gasteiger partial charge on any atom is 0.417 e. The molecule has 0 aliphatic carbocycles. The number of alkyl halides is 3. The smallest absolute Gasteiger partial charge is 0.370 e. The molecule has 1 aromatic heterocycles. The van der Waals surface area contributed by atoms with Gasteiger partial charge in [0.2, 0.25) is 0 Å². The third-order valence-electron chi connectivity index (χ3n) is 5.30. The first-order chi connectivity index (χ1) is 13.3. The Bertz CT molecular complexity index is 1120. The molecular formula is C21H17F3N4. The minimum Gasteiger partial charge on any atom is -0.370 e. The molecule has 0 amide bonds. The zero-order valence-corrected chi connectivity index (χ0v) is 15.1. The van der Waals surface area contributed by atoms with Crippen molar-refractivity contribution in [1.82, 2.24) is 9.78 Å². The first-order valence-electron chi connectivity index (χ1n) is 8.80. The van der Waals surface area contributed by atoms with Crippen molar-refractivity contribution in [2.24, 2.45) is 0 Å². The molecule has 0 radical (unpaired) electrons. The highest BCUT2D eigenvalue weighted by Crippen LogP contribution is 2.45. The second-order valence-corrected chi connectivity index (χ2v) is 7.04. The fourth-order valence-electron chi connectivity index (χ4n) is 3.71. The number of anilines is 1. The van der Waals surface area contributed by atoms with Crippen molar-refractivity contribution < 1.29 is 13.2 Å². The van der Waals surface area contributed by atoms with Crippen LogP contribution in [-0.2, 0) is 11.7 Å². The Morgan fingerprint density at radius 2 is 2.04 bits per heavy atom. The van der Waals surface area contributed by atoms with E-state index in [0.29, 0.717) is 18.5 Å². The minimum atomic E-state index is -4.59. The lowest BCUT2D eigenvalue weighted by molar-refractivity contribution is -0.136. The Balaban J connectivity index is 2.17. The van der Waals surface area contributed by atoms with Crippen LogP contribution in [0, 0.1) is 11.3 Å². The molecule has 7 heteroatoms. The van der Waals surface area contributed by atoms with Gasteiger partial charge >= 0.3 is 6.18 Å². The summed E-state index contributed by atoms with van der Waals surface area (Å²) in [5, 5.41) is 17.2. The zero-order chi connectivity index (χ0) is 20.1. The molecule has 0 bridgehead atoms. The predicted octanol–water partition coefficient (Wildman–Crippen LogP) is 5.31. The van der Waals surface area contributed by atoms with Gasteiger partial charge in [0.25, 0.3) is 0 Å². The summed E-state index contributed by atoms with van der Waals surface area (Å²) in [7, 11) is 0. The molecule has 1 atom stereocenters. The SMILES string of the molecule is C=CC1(C)CCNc2c3c(C(F)(F)F)cc(-c4ccccc4)c(C#N)c3nn21. The number of nitrogens with zero attached hydrogens (tertiary/aromatic N) is 3. The van der Waals surface area contributed by atoms with Crippen molar-refractivity contribution >= 4 is 16.7 Å². The monoisotopic (exact) mass is 382 g/mol. The van der Waals surface area contributed by atoms with Gasteiger partial charge in [0.15, 0.2) is 0 Å². The number of benzene rings is 2. The number of nitriles is 1. The van der Waals surface area contributed by atoms with E-state index in [1.165, 1.54) is 4.68 Å². The summed E-state index contributed by atoms with van der Waals surface area (Å²) in [6, 6.07) is 11.7. The molecule has 0 fully saturated rings. The molecular weight excluding hydrogens is 365 g/mol. The lowest BCUT2D eigenvalue weighted by atomic mass is 9.93. The molecule has 1 aliphatic rings. The zero-order valence-electron chi connectivity index (χ0n) is 15.1. The third-order valence-corrected chi connectivity index (χ3v) is 5.30. The molecule has 0 saturated heterocycles. The van der Waals surface area contributed by atoms with Crippen molar-refractivity contribution in [3.8, 4) is 17.2 Å². The molecule has 1 aliphatic heterocycles. The van der Waals surface area contributed by atoms with Crippen molar-refractivity contribution in [2.75, 3.05) is 11.9 Å². The van der Waals surface area contributed by atoms with E-state index in [1.54, 1.807) is 36.4 Å². The fraction of sp³-hybridized carbons (Fsp3) is 0.238. The van der Waals surface area contributed by atoms with Gasteiger partial charge in [-0.05, 0) is 25.0 Å². The lowest BCUT2D eigenvalue weighted by Crippen LogP contribution is -2.36. The van der Waals surface area contributed by atoms with Crippen LogP contribution in [-0.4, -0.2) is 16.3 Å². The number of hydrogen-bond donors (Lipinski definition) is 1. The van der Waals surface area contributed by atoms with E-state index in [-0.39, 0.29) is 27.8 Å². The van der Waals surface area contributed by atoms with Gasteiger partial charge in [0.05, 0.1) is 22.1 Å². The molecule has 4 rings (SSSR count). The van der Waals surface area contributed by atoms with E-state index in [1.807, 2.05) is 6.92 Å². The number of rotatable bonds is 2. The van der Waals surface area contributed by atoms with Gasteiger partial charge in [0, 0.05) is 12.1 Å². The Morgan fingerprint density at radius 1 is 1.32 bits per heavy atom. The maximum absolute atomic E-state index is 14.0. The molecule has 0 spiro atoms. The van der Waals surface area contributed by atoms with Crippen LogP contribution in [0.4, 0.5) is 19.0 Å². The number of nitrogens with one attached hydrogen (secondary N) is 1. The first-order valence-corrected chi connectivity index (χ1v) is 8.80. The van der Waals surface area contributed by atoms with Crippen LogP contribution in [0.5, 0.6) is 0 Å². The second kappa shape index (κ2) is 6.13. The summed E-state index contributed by atoms with van der Waals surface area (Å²) in [6.07, 6.45) is -2.28. The third kappa shape index (κ3) is 2.56. The summed E-state index contributed by atoms with van der Waals surface area (Å²) in [6.45, 7) is 6.19. The van der Waals surface area contributed by atoms with Gasteiger partial charge in [-0.15, -0.1) is 6.58 Å². The van der Waals surface area contributed by atoms with E-state index >= 15 is 0 Å². The molecule has 2 heterocycles. The summed E-state index contributed by atoms with van der Waals surface area (Å²) in [4.78, 5) is 0. The minimum absolute atomic E-state index is 0.0497. The van der Waals surface area contributed by atoms with Crippen LogP contribution in [0.3, 0.4) is 0 Å². The number of aromatic nitrogens is 2. The molecule has 142 valence electrons. The van der Waals surface area contributed by atoms with Gasteiger partial charge in [-0.25, -0.2) is 4.68 Å². The van der Waals surface area contributed by atoms with E-state index in [9.17, 15) is 18.4 Å². The molecule has 3 aromatic rings. The quantitative estimate of drug-likeness (QED) is 0.611. The first kappa shape index (κ1) is 18.1. The number of fused-ring (bicyclic) bond motifs is 3. The van der Waals surface area contributed by atoms with Crippen LogP contribution < -0.4 is 5.32 Å². The Hall–Kier alpha value is -3.27. The fourth-order valence-corrected chi connectivity index (χ4v) is 3.71. The average Bonchev–Trinajstić information content (AvgIpc) is 3.07. The van der Waals surface area contributed by atoms with Gasteiger partial charge in [0.1, 0.15) is 17.4 Å². The van der Waals surface area contributed by atoms with Crippen LogP contribution in [0.25, 0.3) is 22.0 Å².